The molecule has 1 amide bonds. The van der Waals surface area contributed by atoms with E-state index in [1.54, 1.807) is 0 Å². The first-order valence-electron chi connectivity index (χ1n) is 5.92. The monoisotopic (exact) mass is 296 g/mol. The molecule has 17 heavy (non-hydrogen) atoms. The Morgan fingerprint density at radius 3 is 3.00 bits per heavy atom. The molecule has 1 aliphatic heterocycles. The van der Waals surface area contributed by atoms with E-state index in [1.165, 1.54) is 24.0 Å². The molecule has 0 bridgehead atoms. The number of piperidine rings is 1. The van der Waals surface area contributed by atoms with Gasteiger partial charge in [-0.1, -0.05) is 6.07 Å². The zero-order valence-electron chi connectivity index (χ0n) is 9.61. The molecule has 2 atom stereocenters. The Morgan fingerprint density at radius 2 is 2.24 bits per heavy atom. The number of nitrogens with one attached hydrogen (secondary N) is 1. The molecule has 1 saturated heterocycles. The Bertz CT molecular complexity index is 447. The van der Waals surface area contributed by atoms with Crippen molar-refractivity contribution in [3.8, 4) is 0 Å². The predicted octanol–water partition coefficient (Wildman–Crippen LogP) is 1.76. The SMILES string of the molecule is Br.NC(=O)c1ccc2c(c1)C1CCCNC1C2. The number of amides is 1. The molecule has 3 N–H and O–H groups in total. The van der Waals surface area contributed by atoms with Gasteiger partial charge < -0.3 is 11.1 Å². The molecule has 3 nitrogen and oxygen atoms in total. The molecular weight excluding hydrogens is 280 g/mol. The molecule has 0 spiro atoms. The van der Waals surface area contributed by atoms with Crippen LogP contribution in [0.1, 0.15) is 40.2 Å². The molecule has 1 aliphatic carbocycles. The lowest BCUT2D eigenvalue weighted by atomic mass is 9.89. The normalized spacial score (nSPS) is 25.6. The molecule has 3 rings (SSSR count). The number of rotatable bonds is 1. The molecule has 1 fully saturated rings. The van der Waals surface area contributed by atoms with Gasteiger partial charge in [0.2, 0.25) is 5.91 Å². The van der Waals surface area contributed by atoms with Crippen molar-refractivity contribution >= 4 is 22.9 Å². The maximum absolute atomic E-state index is 11.2. The van der Waals surface area contributed by atoms with E-state index in [-0.39, 0.29) is 22.9 Å². The Labute approximate surface area is 112 Å². The van der Waals surface area contributed by atoms with Crippen LogP contribution in [0.3, 0.4) is 0 Å². The number of nitrogens with two attached hydrogens (primary N) is 1. The van der Waals surface area contributed by atoms with Crippen molar-refractivity contribution in [1.82, 2.24) is 5.32 Å². The van der Waals surface area contributed by atoms with Gasteiger partial charge in [0.1, 0.15) is 0 Å². The minimum absolute atomic E-state index is 0. The summed E-state index contributed by atoms with van der Waals surface area (Å²) in [5.41, 5.74) is 8.69. The van der Waals surface area contributed by atoms with E-state index in [4.69, 9.17) is 5.73 Å². The van der Waals surface area contributed by atoms with Crippen LogP contribution < -0.4 is 11.1 Å². The van der Waals surface area contributed by atoms with Crippen molar-refractivity contribution in [2.45, 2.75) is 31.2 Å². The van der Waals surface area contributed by atoms with E-state index in [9.17, 15) is 4.79 Å². The summed E-state index contributed by atoms with van der Waals surface area (Å²) >= 11 is 0. The lowest BCUT2D eigenvalue weighted by molar-refractivity contribution is 0.1000. The smallest absolute Gasteiger partial charge is 0.248 e. The molecule has 1 aromatic rings. The van der Waals surface area contributed by atoms with Gasteiger partial charge >= 0.3 is 0 Å². The van der Waals surface area contributed by atoms with Gasteiger partial charge in [0.25, 0.3) is 0 Å². The third-order valence-electron chi connectivity index (χ3n) is 3.85. The van der Waals surface area contributed by atoms with Crippen LogP contribution in [-0.4, -0.2) is 18.5 Å². The summed E-state index contributed by atoms with van der Waals surface area (Å²) in [6.45, 7) is 1.12. The summed E-state index contributed by atoms with van der Waals surface area (Å²) < 4.78 is 0. The average Bonchev–Trinajstić information content (AvgIpc) is 2.66. The highest BCUT2D eigenvalue weighted by Gasteiger charge is 2.34. The zero-order chi connectivity index (χ0) is 11.1. The summed E-state index contributed by atoms with van der Waals surface area (Å²) in [5, 5.41) is 3.56. The van der Waals surface area contributed by atoms with Crippen LogP contribution in [0.5, 0.6) is 0 Å². The average molecular weight is 297 g/mol. The number of halogens is 1. The van der Waals surface area contributed by atoms with E-state index in [2.05, 4.69) is 11.4 Å². The van der Waals surface area contributed by atoms with Crippen LogP contribution in [0.4, 0.5) is 0 Å². The second-order valence-corrected chi connectivity index (χ2v) is 4.79. The molecule has 4 heteroatoms. The highest BCUT2D eigenvalue weighted by Crippen LogP contribution is 2.38. The minimum Gasteiger partial charge on any atom is -0.366 e. The third-order valence-corrected chi connectivity index (χ3v) is 3.85. The maximum Gasteiger partial charge on any atom is 0.248 e. The van der Waals surface area contributed by atoms with Crippen LogP contribution in [0, 0.1) is 0 Å². The fourth-order valence-electron chi connectivity index (χ4n) is 3.06. The van der Waals surface area contributed by atoms with Gasteiger partial charge in [-0.05, 0) is 55.0 Å². The highest BCUT2D eigenvalue weighted by molar-refractivity contribution is 8.93. The molecule has 1 aromatic carbocycles. The Kier molecular flexibility index (Phi) is 3.54. The second-order valence-electron chi connectivity index (χ2n) is 4.79. The van der Waals surface area contributed by atoms with Gasteiger partial charge in [-0.3, -0.25) is 4.79 Å². The first kappa shape index (κ1) is 12.6. The second kappa shape index (κ2) is 4.78. The maximum atomic E-state index is 11.2. The van der Waals surface area contributed by atoms with Gasteiger partial charge in [-0.2, -0.15) is 0 Å². The molecule has 1 heterocycles. The van der Waals surface area contributed by atoms with Gasteiger partial charge in [-0.25, -0.2) is 0 Å². The van der Waals surface area contributed by atoms with Crippen LogP contribution >= 0.6 is 17.0 Å². The standard InChI is InChI=1S/C13H16N2O.BrH/c14-13(16)9-4-3-8-7-12-10(11(8)6-9)2-1-5-15-12;/h3-4,6,10,12,15H,1-2,5,7H2,(H2,14,16);1H. The zero-order valence-corrected chi connectivity index (χ0v) is 11.3. The Morgan fingerprint density at radius 1 is 1.41 bits per heavy atom. The van der Waals surface area contributed by atoms with Crippen LogP contribution in [0.15, 0.2) is 18.2 Å². The lowest BCUT2D eigenvalue weighted by Gasteiger charge is -2.27. The summed E-state index contributed by atoms with van der Waals surface area (Å²) in [4.78, 5) is 11.2. The predicted molar refractivity (Wildman–Crippen MR) is 72.8 cm³/mol. The first-order valence-corrected chi connectivity index (χ1v) is 5.92. The van der Waals surface area contributed by atoms with Gasteiger partial charge in [0, 0.05) is 11.6 Å². The van der Waals surface area contributed by atoms with E-state index < -0.39 is 0 Å². The molecule has 0 aromatic heterocycles. The number of hydrogen-bond donors (Lipinski definition) is 2. The number of fused-ring (bicyclic) bond motifs is 3. The van der Waals surface area contributed by atoms with Crippen molar-refractivity contribution in [3.63, 3.8) is 0 Å². The Hall–Kier alpha value is -0.870. The molecule has 0 saturated carbocycles. The fourth-order valence-corrected chi connectivity index (χ4v) is 3.06. The molecular formula is C13H17BrN2O. The topological polar surface area (TPSA) is 55.1 Å². The summed E-state index contributed by atoms with van der Waals surface area (Å²) in [6, 6.07) is 6.48. The number of carbonyl (C=O) groups excluding carboxylic acids is 1. The molecule has 2 aliphatic rings. The van der Waals surface area contributed by atoms with Gasteiger partial charge in [-0.15, -0.1) is 17.0 Å². The van der Waals surface area contributed by atoms with Crippen molar-refractivity contribution in [2.75, 3.05) is 6.54 Å². The van der Waals surface area contributed by atoms with Crippen LogP contribution in [0.2, 0.25) is 0 Å². The van der Waals surface area contributed by atoms with Gasteiger partial charge in [0.05, 0.1) is 0 Å². The van der Waals surface area contributed by atoms with Crippen molar-refractivity contribution < 1.29 is 4.79 Å². The van der Waals surface area contributed by atoms with Crippen LogP contribution in [-0.2, 0) is 6.42 Å². The third kappa shape index (κ3) is 2.11. The first-order chi connectivity index (χ1) is 7.75. The number of primary amides is 1. The number of benzene rings is 1. The van der Waals surface area contributed by atoms with E-state index in [0.717, 1.165) is 13.0 Å². The van der Waals surface area contributed by atoms with Crippen molar-refractivity contribution in [2.24, 2.45) is 5.73 Å². The highest BCUT2D eigenvalue weighted by atomic mass is 79.9. The summed E-state index contributed by atoms with van der Waals surface area (Å²) in [7, 11) is 0. The quantitative estimate of drug-likeness (QED) is 0.830. The molecule has 0 radical (unpaired) electrons. The molecule has 92 valence electrons. The number of carbonyl (C=O) groups is 1. The van der Waals surface area contributed by atoms with Crippen molar-refractivity contribution in [1.29, 1.82) is 0 Å². The molecule has 2 unspecified atom stereocenters. The fraction of sp³-hybridized carbons (Fsp3) is 0.462. The van der Waals surface area contributed by atoms with E-state index >= 15 is 0 Å². The Balaban J connectivity index is 0.00000108. The van der Waals surface area contributed by atoms with Crippen molar-refractivity contribution in [3.05, 3.63) is 34.9 Å². The van der Waals surface area contributed by atoms with Crippen LogP contribution in [0.25, 0.3) is 0 Å². The largest absolute Gasteiger partial charge is 0.366 e. The summed E-state index contributed by atoms with van der Waals surface area (Å²) in [6.07, 6.45) is 3.55. The van der Waals surface area contributed by atoms with E-state index in [1.807, 2.05) is 12.1 Å². The summed E-state index contributed by atoms with van der Waals surface area (Å²) in [5.74, 6) is 0.262. The van der Waals surface area contributed by atoms with Gasteiger partial charge in [0.15, 0.2) is 0 Å². The number of hydrogen-bond acceptors (Lipinski definition) is 2. The van der Waals surface area contributed by atoms with E-state index in [0.29, 0.717) is 17.5 Å². The minimum atomic E-state index is -0.324. The lowest BCUT2D eigenvalue weighted by Crippen LogP contribution is -2.37.